The van der Waals surface area contributed by atoms with E-state index in [1.54, 1.807) is 30.3 Å². The Morgan fingerprint density at radius 3 is 2.33 bits per heavy atom. The van der Waals surface area contributed by atoms with Crippen molar-refractivity contribution in [2.45, 2.75) is 19.9 Å². The monoisotopic (exact) mass is 346 g/mol. The molecule has 6 heteroatoms. The van der Waals surface area contributed by atoms with Gasteiger partial charge < -0.3 is 15.7 Å². The van der Waals surface area contributed by atoms with Crippen molar-refractivity contribution in [3.8, 4) is 0 Å². The Morgan fingerprint density at radius 1 is 1.08 bits per heavy atom. The molecule has 2 aromatic rings. The maximum absolute atomic E-state index is 12.1. The quantitative estimate of drug-likeness (QED) is 0.745. The summed E-state index contributed by atoms with van der Waals surface area (Å²) in [6, 6.07) is 11.5. The number of benzene rings is 2. The standard InChI is InChI=1S/C18H19ClN2O3/c1-11-3-8-15(12(2)9-11)20-17(23)18(24)21-16(10-22)13-4-6-14(19)7-5-13/h3-9,16,22H,10H2,1-2H3,(H,20,23)(H,21,24). The van der Waals surface area contributed by atoms with Crippen LogP contribution in [0.4, 0.5) is 5.69 Å². The smallest absolute Gasteiger partial charge is 0.313 e. The fourth-order valence-electron chi connectivity index (χ4n) is 2.29. The van der Waals surface area contributed by atoms with E-state index in [0.29, 0.717) is 16.3 Å². The predicted octanol–water partition coefficient (Wildman–Crippen LogP) is 2.75. The van der Waals surface area contributed by atoms with Crippen molar-refractivity contribution < 1.29 is 14.7 Å². The van der Waals surface area contributed by atoms with Crippen LogP contribution >= 0.6 is 11.6 Å². The molecule has 0 saturated heterocycles. The molecule has 2 aromatic carbocycles. The summed E-state index contributed by atoms with van der Waals surface area (Å²) in [7, 11) is 0. The lowest BCUT2D eigenvalue weighted by molar-refractivity contribution is -0.136. The first-order valence-electron chi connectivity index (χ1n) is 7.46. The van der Waals surface area contributed by atoms with E-state index in [1.807, 2.05) is 26.0 Å². The van der Waals surface area contributed by atoms with E-state index < -0.39 is 17.9 Å². The first-order chi connectivity index (χ1) is 11.4. The molecule has 5 nitrogen and oxygen atoms in total. The van der Waals surface area contributed by atoms with Crippen LogP contribution in [0.15, 0.2) is 42.5 Å². The van der Waals surface area contributed by atoms with Gasteiger partial charge in [0, 0.05) is 10.7 Å². The molecule has 0 heterocycles. The topological polar surface area (TPSA) is 78.4 Å². The second-order valence-electron chi connectivity index (χ2n) is 5.53. The highest BCUT2D eigenvalue weighted by molar-refractivity contribution is 6.39. The summed E-state index contributed by atoms with van der Waals surface area (Å²) in [6.07, 6.45) is 0. The highest BCUT2D eigenvalue weighted by Gasteiger charge is 2.20. The van der Waals surface area contributed by atoms with Crippen LogP contribution in [0.1, 0.15) is 22.7 Å². The Hall–Kier alpha value is -2.37. The molecule has 0 radical (unpaired) electrons. The Labute approximate surface area is 145 Å². The number of amides is 2. The Morgan fingerprint density at radius 2 is 1.75 bits per heavy atom. The first-order valence-corrected chi connectivity index (χ1v) is 7.84. The first kappa shape index (κ1) is 18.0. The summed E-state index contributed by atoms with van der Waals surface area (Å²) in [5.74, 6) is -1.60. The molecule has 1 unspecified atom stereocenters. The van der Waals surface area contributed by atoms with Gasteiger partial charge in [0.25, 0.3) is 0 Å². The summed E-state index contributed by atoms with van der Waals surface area (Å²) >= 11 is 5.82. The van der Waals surface area contributed by atoms with Crippen molar-refractivity contribution >= 4 is 29.1 Å². The predicted molar refractivity (Wildman–Crippen MR) is 94.0 cm³/mol. The molecule has 2 amide bonds. The average Bonchev–Trinajstić information content (AvgIpc) is 2.55. The number of hydrogen-bond acceptors (Lipinski definition) is 3. The summed E-state index contributed by atoms with van der Waals surface area (Å²) in [6.45, 7) is 3.47. The highest BCUT2D eigenvalue weighted by Crippen LogP contribution is 2.17. The van der Waals surface area contributed by atoms with E-state index in [9.17, 15) is 14.7 Å². The van der Waals surface area contributed by atoms with Gasteiger partial charge in [-0.05, 0) is 43.2 Å². The SMILES string of the molecule is Cc1ccc(NC(=O)C(=O)NC(CO)c2ccc(Cl)cc2)c(C)c1. The molecule has 0 aliphatic rings. The number of rotatable bonds is 4. The fourth-order valence-corrected chi connectivity index (χ4v) is 2.41. The Kier molecular flexibility index (Phi) is 5.95. The second kappa shape index (κ2) is 7.95. The van der Waals surface area contributed by atoms with Gasteiger partial charge in [0.05, 0.1) is 12.6 Å². The van der Waals surface area contributed by atoms with E-state index in [1.165, 1.54) is 0 Å². The minimum Gasteiger partial charge on any atom is -0.394 e. The van der Waals surface area contributed by atoms with Crippen molar-refractivity contribution in [1.29, 1.82) is 0 Å². The van der Waals surface area contributed by atoms with Gasteiger partial charge in [-0.3, -0.25) is 9.59 Å². The molecule has 0 aliphatic heterocycles. The number of halogens is 1. The van der Waals surface area contributed by atoms with Gasteiger partial charge in [-0.1, -0.05) is 41.4 Å². The van der Waals surface area contributed by atoms with Crippen molar-refractivity contribution in [3.63, 3.8) is 0 Å². The molecule has 24 heavy (non-hydrogen) atoms. The second-order valence-corrected chi connectivity index (χ2v) is 5.97. The van der Waals surface area contributed by atoms with E-state index in [0.717, 1.165) is 11.1 Å². The van der Waals surface area contributed by atoms with Gasteiger partial charge in [0.2, 0.25) is 0 Å². The minimum atomic E-state index is -0.816. The third-order valence-corrected chi connectivity index (χ3v) is 3.85. The van der Waals surface area contributed by atoms with Gasteiger partial charge in [0.15, 0.2) is 0 Å². The third kappa shape index (κ3) is 4.57. The molecular formula is C18H19ClN2O3. The molecule has 2 rings (SSSR count). The van der Waals surface area contributed by atoms with E-state index in [4.69, 9.17) is 11.6 Å². The van der Waals surface area contributed by atoms with Crippen LogP contribution in [0.3, 0.4) is 0 Å². The third-order valence-electron chi connectivity index (χ3n) is 3.60. The number of nitrogens with one attached hydrogen (secondary N) is 2. The molecule has 3 N–H and O–H groups in total. The maximum Gasteiger partial charge on any atom is 0.313 e. The minimum absolute atomic E-state index is 0.329. The molecule has 1 atom stereocenters. The van der Waals surface area contributed by atoms with Gasteiger partial charge in [-0.15, -0.1) is 0 Å². The largest absolute Gasteiger partial charge is 0.394 e. The summed E-state index contributed by atoms with van der Waals surface area (Å²) < 4.78 is 0. The van der Waals surface area contributed by atoms with Crippen LogP contribution in [0.25, 0.3) is 0 Å². The van der Waals surface area contributed by atoms with Gasteiger partial charge in [-0.2, -0.15) is 0 Å². The Bertz CT molecular complexity index is 744. The number of carbonyl (C=O) groups is 2. The lowest BCUT2D eigenvalue weighted by atomic mass is 10.1. The average molecular weight is 347 g/mol. The summed E-state index contributed by atoms with van der Waals surface area (Å²) in [4.78, 5) is 24.1. The number of aliphatic hydroxyl groups is 1. The maximum atomic E-state index is 12.1. The van der Waals surface area contributed by atoms with Crippen LogP contribution in [0.2, 0.25) is 5.02 Å². The molecule has 0 saturated carbocycles. The van der Waals surface area contributed by atoms with Gasteiger partial charge in [-0.25, -0.2) is 0 Å². The van der Waals surface area contributed by atoms with Gasteiger partial charge in [0.1, 0.15) is 0 Å². The van der Waals surface area contributed by atoms with Crippen LogP contribution < -0.4 is 10.6 Å². The summed E-state index contributed by atoms with van der Waals surface area (Å²) in [5, 5.41) is 15.1. The lowest BCUT2D eigenvalue weighted by Gasteiger charge is -2.17. The molecule has 0 bridgehead atoms. The molecule has 126 valence electrons. The van der Waals surface area contributed by atoms with Crippen molar-refractivity contribution in [2.75, 3.05) is 11.9 Å². The van der Waals surface area contributed by atoms with Crippen molar-refractivity contribution in [1.82, 2.24) is 5.32 Å². The van der Waals surface area contributed by atoms with E-state index in [-0.39, 0.29) is 6.61 Å². The molecule has 0 aliphatic carbocycles. The number of hydrogen-bond donors (Lipinski definition) is 3. The number of aryl methyl sites for hydroxylation is 2. The molecule has 0 spiro atoms. The van der Waals surface area contributed by atoms with E-state index in [2.05, 4.69) is 10.6 Å². The zero-order valence-corrected chi connectivity index (χ0v) is 14.2. The summed E-state index contributed by atoms with van der Waals surface area (Å²) in [5.41, 5.74) is 3.17. The fraction of sp³-hybridized carbons (Fsp3) is 0.222. The highest BCUT2D eigenvalue weighted by atomic mass is 35.5. The normalized spacial score (nSPS) is 11.7. The van der Waals surface area contributed by atoms with Crippen LogP contribution in [0, 0.1) is 13.8 Å². The van der Waals surface area contributed by atoms with Crippen molar-refractivity contribution in [2.24, 2.45) is 0 Å². The van der Waals surface area contributed by atoms with Crippen LogP contribution in [-0.2, 0) is 9.59 Å². The van der Waals surface area contributed by atoms with Crippen LogP contribution in [0.5, 0.6) is 0 Å². The van der Waals surface area contributed by atoms with Gasteiger partial charge >= 0.3 is 11.8 Å². The lowest BCUT2D eigenvalue weighted by Crippen LogP contribution is -2.39. The van der Waals surface area contributed by atoms with E-state index >= 15 is 0 Å². The van der Waals surface area contributed by atoms with Crippen molar-refractivity contribution in [3.05, 3.63) is 64.2 Å². The number of carbonyl (C=O) groups excluding carboxylic acids is 2. The molecule has 0 fully saturated rings. The zero-order chi connectivity index (χ0) is 17.7. The van der Waals surface area contributed by atoms with Crippen LogP contribution in [-0.4, -0.2) is 23.5 Å². The number of anilines is 1. The Balaban J connectivity index is 2.04. The molecular weight excluding hydrogens is 328 g/mol. The molecule has 0 aromatic heterocycles. The zero-order valence-electron chi connectivity index (χ0n) is 13.5. The number of aliphatic hydroxyl groups excluding tert-OH is 1.